The van der Waals surface area contributed by atoms with Gasteiger partial charge in [-0.15, -0.1) is 0 Å². The lowest BCUT2D eigenvalue weighted by Crippen LogP contribution is -2.44. The zero-order chi connectivity index (χ0) is 35.2. The van der Waals surface area contributed by atoms with E-state index < -0.39 is 19.5 Å². The van der Waals surface area contributed by atoms with Gasteiger partial charge in [0.2, 0.25) is 5.91 Å². The van der Waals surface area contributed by atoms with Crippen molar-refractivity contribution in [2.75, 3.05) is 32.2 Å². The largest absolute Gasteiger partial charge is 0.530 e. The van der Waals surface area contributed by atoms with Gasteiger partial charge in [0.15, 0.2) is 5.75 Å². The lowest BCUT2D eigenvalue weighted by molar-refractivity contribution is -0.119. The number of primary amides is 1. The Balaban J connectivity index is 1.18. The molecule has 0 aromatic heterocycles. The van der Waals surface area contributed by atoms with Gasteiger partial charge in [0.05, 0.1) is 45.1 Å². The Kier molecular flexibility index (Phi) is 12.3. The van der Waals surface area contributed by atoms with Crippen LogP contribution in [-0.4, -0.2) is 50.0 Å². The summed E-state index contributed by atoms with van der Waals surface area (Å²) in [4.78, 5) is 24.6. The second-order valence-corrected chi connectivity index (χ2v) is 15.5. The lowest BCUT2D eigenvalue weighted by Gasteiger charge is -2.50. The number of ether oxygens (including phenoxy) is 2. The first-order valence-electron chi connectivity index (χ1n) is 17.9. The highest BCUT2D eigenvalue weighted by Gasteiger charge is 2.55. The molecule has 2 aromatic rings. The predicted octanol–water partition coefficient (Wildman–Crippen LogP) is 7.89. The molecule has 11 nitrogen and oxygen atoms in total. The Hall–Kier alpha value is -3.11. The first-order chi connectivity index (χ1) is 23.5. The molecule has 0 heterocycles. The average molecular weight is 701 g/mol. The number of benzene rings is 2. The highest BCUT2D eigenvalue weighted by atomic mass is 31.2. The quantitative estimate of drug-likeness (QED) is 0.0849. The molecule has 12 heteroatoms. The number of aryl methyl sites for hydroxylation is 1. The molecule has 0 aliphatic heterocycles. The Morgan fingerprint density at radius 2 is 1.76 bits per heavy atom. The van der Waals surface area contributed by atoms with Crippen LogP contribution in [0.2, 0.25) is 0 Å². The van der Waals surface area contributed by atoms with Gasteiger partial charge in [0.25, 0.3) is 5.91 Å². The van der Waals surface area contributed by atoms with Crippen LogP contribution in [0.1, 0.15) is 112 Å². The highest BCUT2D eigenvalue weighted by Crippen LogP contribution is 2.62. The third-order valence-electron chi connectivity index (χ3n) is 10.9. The maximum absolute atomic E-state index is 13.5. The van der Waals surface area contributed by atoms with Crippen molar-refractivity contribution in [1.82, 2.24) is 0 Å². The Labute approximate surface area is 290 Å². The number of anilines is 1. The van der Waals surface area contributed by atoms with Crippen LogP contribution in [-0.2, 0) is 29.6 Å². The zero-order valence-electron chi connectivity index (χ0n) is 29.3. The second-order valence-electron chi connectivity index (χ2n) is 13.9. The zero-order valence-corrected chi connectivity index (χ0v) is 30.2. The summed E-state index contributed by atoms with van der Waals surface area (Å²) in [6.45, 7) is 7.39. The molecule has 0 spiro atoms. The van der Waals surface area contributed by atoms with Crippen LogP contribution in [0.3, 0.4) is 0 Å². The minimum Gasteiger partial charge on any atom is -0.505 e. The smallest absolute Gasteiger partial charge is 0.505 e. The van der Waals surface area contributed by atoms with E-state index in [4.69, 9.17) is 28.8 Å². The first kappa shape index (κ1) is 37.2. The third-order valence-corrected chi connectivity index (χ3v) is 12.3. The topological polar surface area (TPSA) is 156 Å². The molecule has 0 bridgehead atoms. The molecule has 0 radical (unpaired) electrons. The van der Waals surface area contributed by atoms with Crippen molar-refractivity contribution >= 4 is 25.3 Å². The molecule has 270 valence electrons. The summed E-state index contributed by atoms with van der Waals surface area (Å²) in [5, 5.41) is 13.2. The highest BCUT2D eigenvalue weighted by molar-refractivity contribution is 7.48. The average Bonchev–Trinajstić information content (AvgIpc) is 3.41. The third kappa shape index (κ3) is 8.28. The molecule has 4 N–H and O–H groups in total. The molecule has 0 saturated heterocycles. The van der Waals surface area contributed by atoms with E-state index in [0.29, 0.717) is 36.7 Å². The summed E-state index contributed by atoms with van der Waals surface area (Å²) in [5.74, 6) is 0.589. The summed E-state index contributed by atoms with van der Waals surface area (Å²) < 4.78 is 42.2. The van der Waals surface area contributed by atoms with E-state index in [9.17, 15) is 19.3 Å². The van der Waals surface area contributed by atoms with Crippen molar-refractivity contribution in [2.45, 2.75) is 103 Å². The lowest BCUT2D eigenvalue weighted by atomic mass is 9.55. The molecule has 3 unspecified atom stereocenters. The molecule has 5 rings (SSSR count). The first-order valence-corrected chi connectivity index (χ1v) is 19.3. The second kappa shape index (κ2) is 16.3. The maximum atomic E-state index is 13.5. The van der Waals surface area contributed by atoms with Gasteiger partial charge in [-0.2, -0.15) is 0 Å². The van der Waals surface area contributed by atoms with Crippen molar-refractivity contribution in [3.05, 3.63) is 47.0 Å². The number of carbonyl (C=O) groups is 2. The number of phosphoric acid groups is 1. The molecule has 2 amide bonds. The van der Waals surface area contributed by atoms with Gasteiger partial charge in [-0.3, -0.25) is 18.6 Å². The van der Waals surface area contributed by atoms with Crippen LogP contribution in [0.25, 0.3) is 0 Å². The molecule has 3 aliphatic carbocycles. The van der Waals surface area contributed by atoms with Gasteiger partial charge in [-0.1, -0.05) is 39.7 Å². The predicted molar refractivity (Wildman–Crippen MR) is 187 cm³/mol. The van der Waals surface area contributed by atoms with Crippen LogP contribution in [0.4, 0.5) is 5.69 Å². The molecule has 2 fully saturated rings. The Morgan fingerprint density at radius 1 is 1.02 bits per heavy atom. The van der Waals surface area contributed by atoms with Crippen molar-refractivity contribution in [2.24, 2.45) is 23.0 Å². The van der Waals surface area contributed by atoms with E-state index in [0.717, 1.165) is 64.2 Å². The number of nitrogens with one attached hydrogen (secondary N) is 1. The van der Waals surface area contributed by atoms with Gasteiger partial charge < -0.3 is 30.2 Å². The number of phosphoric ester groups is 1. The number of aromatic hydroxyl groups is 1. The number of amides is 2. The molecule has 3 aliphatic rings. The molecule has 49 heavy (non-hydrogen) atoms. The number of carbonyl (C=O) groups excluding carboxylic acids is 2. The van der Waals surface area contributed by atoms with E-state index in [1.54, 1.807) is 0 Å². The van der Waals surface area contributed by atoms with Crippen molar-refractivity contribution in [3.8, 4) is 17.2 Å². The van der Waals surface area contributed by atoms with E-state index in [1.165, 1.54) is 30.4 Å². The van der Waals surface area contributed by atoms with Crippen LogP contribution in [0.15, 0.2) is 30.3 Å². The number of hydrogen-bond acceptors (Lipinski definition) is 9. The van der Waals surface area contributed by atoms with Gasteiger partial charge in [0, 0.05) is 0 Å². The monoisotopic (exact) mass is 700 g/mol. The number of nitrogens with two attached hydrogens (primary N) is 1. The molecular weight excluding hydrogens is 647 g/mol. The molecular formula is C37H53N2O9P. The number of rotatable bonds is 17. The van der Waals surface area contributed by atoms with Crippen molar-refractivity contribution < 1.29 is 42.3 Å². The fourth-order valence-electron chi connectivity index (χ4n) is 8.29. The van der Waals surface area contributed by atoms with E-state index >= 15 is 0 Å². The number of fused-ring (bicyclic) bond motifs is 5. The van der Waals surface area contributed by atoms with Crippen molar-refractivity contribution in [1.29, 1.82) is 0 Å². The summed E-state index contributed by atoms with van der Waals surface area (Å²) in [6.07, 6.45) is 9.76. The number of phenols is 1. The summed E-state index contributed by atoms with van der Waals surface area (Å²) >= 11 is 0. The van der Waals surface area contributed by atoms with Crippen LogP contribution in [0.5, 0.6) is 17.2 Å². The van der Waals surface area contributed by atoms with Gasteiger partial charge in [0.1, 0.15) is 17.1 Å². The summed E-state index contributed by atoms with van der Waals surface area (Å²) in [7, 11) is -2.34. The molecule has 2 aromatic carbocycles. The van der Waals surface area contributed by atoms with Gasteiger partial charge >= 0.3 is 7.82 Å². The SMILES string of the molecule is CCCCOP(=O)(OCCCC)Oc1ccc2c(c1)CCC1C2CC[C@@]2(C)C1CC[C@@H]2OCCC(=O)Nc1ccc(OC)c(C(N)=O)c1O. The van der Waals surface area contributed by atoms with Gasteiger partial charge in [-0.05, 0) is 110 Å². The summed E-state index contributed by atoms with van der Waals surface area (Å²) in [5.41, 5.74) is 7.95. The van der Waals surface area contributed by atoms with Crippen LogP contribution >= 0.6 is 7.82 Å². The van der Waals surface area contributed by atoms with Gasteiger partial charge in [-0.25, -0.2) is 4.57 Å². The fourth-order valence-corrected chi connectivity index (χ4v) is 9.55. The van der Waals surface area contributed by atoms with E-state index in [1.807, 2.05) is 12.1 Å². The van der Waals surface area contributed by atoms with Crippen molar-refractivity contribution in [3.63, 3.8) is 0 Å². The van der Waals surface area contributed by atoms with E-state index in [-0.39, 0.29) is 47.5 Å². The standard InChI is InChI=1S/C37H53N2O9P/c1-5-7-20-46-49(43,47-21-8-6-2)48-25-10-12-26-24(23-25)9-11-28-27(26)17-19-37(3)29(28)13-16-32(37)45-22-18-33(40)39-30-14-15-31(44-4)34(35(30)41)36(38)42/h10,12,14-15,23,27-29,32,41H,5-9,11,13,16-22H2,1-4H3,(H2,38,42)(H,39,40)/t27?,28?,29?,32-,37-/m0/s1. The van der Waals surface area contributed by atoms with Crippen LogP contribution < -0.4 is 20.3 Å². The maximum Gasteiger partial charge on any atom is 0.530 e. The number of unbranched alkanes of at least 4 members (excludes halogenated alkanes) is 2. The Morgan fingerprint density at radius 3 is 2.43 bits per heavy atom. The van der Waals surface area contributed by atoms with E-state index in [2.05, 4.69) is 32.2 Å². The molecule has 2 saturated carbocycles. The Bertz CT molecular complexity index is 1520. The number of hydrogen-bond donors (Lipinski definition) is 3. The summed E-state index contributed by atoms with van der Waals surface area (Å²) in [6, 6.07) is 9.05. The minimum atomic E-state index is -3.71. The van der Waals surface area contributed by atoms with Crippen LogP contribution in [0, 0.1) is 17.3 Å². The fraction of sp³-hybridized carbons (Fsp3) is 0.622. The minimum absolute atomic E-state index is 0.0289. The molecule has 5 atom stereocenters. The normalized spacial score (nSPS) is 24.4. The number of methoxy groups -OCH3 is 1.